The van der Waals surface area contributed by atoms with E-state index >= 15 is 0 Å². The zero-order valence-electron chi connectivity index (χ0n) is 38.4. The average molecular weight is 819 g/mol. The van der Waals surface area contributed by atoms with E-state index in [9.17, 15) is 0 Å². The second kappa shape index (κ2) is 22.1. The van der Waals surface area contributed by atoms with Gasteiger partial charge in [-0.2, -0.15) is 0 Å². The van der Waals surface area contributed by atoms with Crippen molar-refractivity contribution in [3.63, 3.8) is 0 Å². The number of allylic oxidation sites excluding steroid dienone is 8. The van der Waals surface area contributed by atoms with Crippen molar-refractivity contribution < 1.29 is 0 Å². The summed E-state index contributed by atoms with van der Waals surface area (Å²) in [5.74, 6) is 0. The standard InChI is InChI=1S/C58H53B.C4H10/c1-5-15-51-20-12-13-21-58(51)57-23-14-22-56(44(57)4)52-34-40-55(41-35-52)59(53-36-30-46(31-37-53)43(3)25-24-42(2)45-16-8-6-9-17-45)54-38-32-50(33-39-54)49-28-26-48(27-29-49)47-18-10-7-11-19-47;1-3-4-2/h6-12,14,16-20,22-41H,5,13,15,21H2,1-4H3;3-4H2,1-2H3/b42-24+,43-25+;. The Morgan fingerprint density at radius 3 is 1.43 bits per heavy atom. The van der Waals surface area contributed by atoms with Gasteiger partial charge in [-0.05, 0) is 118 Å². The van der Waals surface area contributed by atoms with Crippen molar-refractivity contribution in [1.82, 2.24) is 0 Å². The number of hydrogen-bond donors (Lipinski definition) is 0. The maximum absolute atomic E-state index is 2.37. The molecule has 314 valence electrons. The largest absolute Gasteiger partial charge is 0.241 e. The highest BCUT2D eigenvalue weighted by atomic mass is 14.2. The SMILES string of the molecule is CCCC.CCCC1=C(c2cccc(-c3ccc(B(c4ccc(/C(C)=C/C=C(\C)c5ccccc5)cc4)c4ccc(-c5ccc(-c6ccccc6)cc5)cc4)cc3)c2C)CCC=C1. The van der Waals surface area contributed by atoms with Crippen LogP contribution in [-0.4, -0.2) is 6.71 Å². The molecule has 63 heavy (non-hydrogen) atoms. The van der Waals surface area contributed by atoms with Crippen LogP contribution in [0, 0.1) is 6.92 Å². The van der Waals surface area contributed by atoms with E-state index in [2.05, 4.69) is 242 Å². The Morgan fingerprint density at radius 1 is 0.460 bits per heavy atom. The van der Waals surface area contributed by atoms with E-state index in [4.69, 9.17) is 0 Å². The summed E-state index contributed by atoms with van der Waals surface area (Å²) in [6.45, 7) is 13.4. The molecule has 0 amide bonds. The molecule has 8 rings (SSSR count). The van der Waals surface area contributed by atoms with Crippen molar-refractivity contribution in [1.29, 1.82) is 0 Å². The molecule has 0 atom stereocenters. The normalized spacial score (nSPS) is 12.8. The van der Waals surface area contributed by atoms with Gasteiger partial charge in [-0.25, -0.2) is 0 Å². The van der Waals surface area contributed by atoms with Gasteiger partial charge in [0.15, 0.2) is 0 Å². The summed E-state index contributed by atoms with van der Waals surface area (Å²) in [4.78, 5) is 0. The van der Waals surface area contributed by atoms with Gasteiger partial charge in [-0.15, -0.1) is 0 Å². The topological polar surface area (TPSA) is 0 Å². The molecule has 0 aromatic heterocycles. The molecule has 0 fully saturated rings. The number of unbranched alkanes of at least 4 members (excludes halogenated alkanes) is 1. The summed E-state index contributed by atoms with van der Waals surface area (Å²) in [6, 6.07) is 64.8. The Hall–Kier alpha value is -6.44. The predicted molar refractivity (Wildman–Crippen MR) is 280 cm³/mol. The molecule has 7 aromatic rings. The summed E-state index contributed by atoms with van der Waals surface area (Å²) >= 11 is 0. The van der Waals surface area contributed by atoms with Crippen molar-refractivity contribution in [2.75, 3.05) is 0 Å². The number of hydrogen-bond acceptors (Lipinski definition) is 0. The molecule has 0 heterocycles. The molecular formula is C62H63B. The van der Waals surface area contributed by atoms with Crippen LogP contribution in [-0.2, 0) is 0 Å². The van der Waals surface area contributed by atoms with Gasteiger partial charge in [-0.3, -0.25) is 0 Å². The molecule has 1 heteroatoms. The molecule has 0 radical (unpaired) electrons. The van der Waals surface area contributed by atoms with Crippen LogP contribution in [0.25, 0.3) is 50.1 Å². The van der Waals surface area contributed by atoms with Crippen LogP contribution in [0.3, 0.4) is 0 Å². The monoisotopic (exact) mass is 819 g/mol. The number of rotatable bonds is 13. The molecule has 0 saturated heterocycles. The minimum Gasteiger partial charge on any atom is -0.0839 e. The van der Waals surface area contributed by atoms with Crippen molar-refractivity contribution in [3.8, 4) is 33.4 Å². The van der Waals surface area contributed by atoms with E-state index in [1.165, 1.54) is 114 Å². The minimum absolute atomic E-state index is 0.0836. The van der Waals surface area contributed by atoms with Gasteiger partial charge in [0.05, 0.1) is 0 Å². The highest BCUT2D eigenvalue weighted by molar-refractivity contribution is 6.95. The van der Waals surface area contributed by atoms with Gasteiger partial charge in [0, 0.05) is 0 Å². The molecule has 7 aromatic carbocycles. The molecule has 0 aliphatic heterocycles. The highest BCUT2D eigenvalue weighted by Gasteiger charge is 2.23. The third kappa shape index (κ3) is 11.2. The second-order valence-corrected chi connectivity index (χ2v) is 17.0. The van der Waals surface area contributed by atoms with Crippen molar-refractivity contribution in [3.05, 3.63) is 228 Å². The van der Waals surface area contributed by atoms with E-state index in [1.807, 2.05) is 0 Å². The van der Waals surface area contributed by atoms with Crippen LogP contribution in [0.2, 0.25) is 0 Å². The molecule has 0 nitrogen and oxygen atoms in total. The molecule has 0 saturated carbocycles. The molecular weight excluding hydrogens is 755 g/mol. The van der Waals surface area contributed by atoms with E-state index < -0.39 is 0 Å². The fraction of sp³-hybridized carbons (Fsp3) is 0.194. The van der Waals surface area contributed by atoms with E-state index in [1.54, 1.807) is 0 Å². The third-order valence-electron chi connectivity index (χ3n) is 12.6. The first-order valence-corrected chi connectivity index (χ1v) is 23.2. The van der Waals surface area contributed by atoms with Gasteiger partial charge in [0.1, 0.15) is 0 Å². The lowest BCUT2D eigenvalue weighted by Crippen LogP contribution is -2.51. The molecule has 0 spiro atoms. The Bertz CT molecular complexity index is 2650. The van der Waals surface area contributed by atoms with Crippen molar-refractivity contribution in [2.45, 2.75) is 80.1 Å². The van der Waals surface area contributed by atoms with Crippen LogP contribution >= 0.6 is 0 Å². The fourth-order valence-electron chi connectivity index (χ4n) is 8.67. The van der Waals surface area contributed by atoms with Crippen LogP contribution in [0.5, 0.6) is 0 Å². The third-order valence-corrected chi connectivity index (χ3v) is 12.6. The maximum atomic E-state index is 2.37. The van der Waals surface area contributed by atoms with E-state index in [-0.39, 0.29) is 6.71 Å². The van der Waals surface area contributed by atoms with Crippen LogP contribution in [0.1, 0.15) is 95.4 Å². The highest BCUT2D eigenvalue weighted by Crippen LogP contribution is 2.36. The van der Waals surface area contributed by atoms with Gasteiger partial charge in [0.2, 0.25) is 6.71 Å². The number of benzene rings is 7. The van der Waals surface area contributed by atoms with Gasteiger partial charge >= 0.3 is 0 Å². The fourth-order valence-corrected chi connectivity index (χ4v) is 8.67. The lowest BCUT2D eigenvalue weighted by atomic mass is 9.37. The average Bonchev–Trinajstić information content (AvgIpc) is 3.35. The maximum Gasteiger partial charge on any atom is 0.241 e. The first-order valence-electron chi connectivity index (χ1n) is 23.2. The first-order chi connectivity index (χ1) is 30.9. The molecule has 0 bridgehead atoms. The summed E-state index contributed by atoms with van der Waals surface area (Å²) in [5.41, 5.74) is 22.1. The van der Waals surface area contributed by atoms with Crippen LogP contribution in [0.15, 0.2) is 206 Å². The summed E-state index contributed by atoms with van der Waals surface area (Å²) in [5, 5.41) is 0. The predicted octanol–water partition coefficient (Wildman–Crippen LogP) is 15.7. The minimum atomic E-state index is 0.0836. The van der Waals surface area contributed by atoms with Gasteiger partial charge in [-0.1, -0.05) is 257 Å². The molecule has 1 aliphatic carbocycles. The van der Waals surface area contributed by atoms with Crippen LogP contribution in [0.4, 0.5) is 0 Å². The Labute approximate surface area is 379 Å². The summed E-state index contributed by atoms with van der Waals surface area (Å²) in [6.07, 6.45) is 16.3. The summed E-state index contributed by atoms with van der Waals surface area (Å²) < 4.78 is 0. The van der Waals surface area contributed by atoms with Gasteiger partial charge < -0.3 is 0 Å². The lowest BCUT2D eigenvalue weighted by molar-refractivity contribution is 0.886. The summed E-state index contributed by atoms with van der Waals surface area (Å²) in [7, 11) is 0. The Balaban J connectivity index is 0.00000143. The molecule has 0 N–H and O–H groups in total. The lowest BCUT2D eigenvalue weighted by Gasteiger charge is -2.20. The smallest absolute Gasteiger partial charge is 0.0839 e. The molecule has 1 aliphatic rings. The Morgan fingerprint density at radius 2 is 0.905 bits per heavy atom. The van der Waals surface area contributed by atoms with Gasteiger partial charge in [0.25, 0.3) is 0 Å². The quantitative estimate of drug-likeness (QED) is 0.0803. The zero-order chi connectivity index (χ0) is 44.0. The van der Waals surface area contributed by atoms with E-state index in [0.29, 0.717) is 0 Å². The van der Waals surface area contributed by atoms with Crippen LogP contribution < -0.4 is 16.4 Å². The first kappa shape index (κ1) is 44.6. The second-order valence-electron chi connectivity index (χ2n) is 17.0. The van der Waals surface area contributed by atoms with E-state index in [0.717, 1.165) is 19.3 Å². The Kier molecular flexibility index (Phi) is 15.6. The van der Waals surface area contributed by atoms with Crippen molar-refractivity contribution in [2.24, 2.45) is 0 Å². The molecule has 0 unspecified atom stereocenters. The van der Waals surface area contributed by atoms with Crippen molar-refractivity contribution >= 4 is 39.8 Å². The zero-order valence-corrected chi connectivity index (χ0v) is 38.4.